The third kappa shape index (κ3) is 9.32. The number of nitrogens with zero attached hydrogens (tertiary/aromatic N) is 2. The molecule has 0 saturated heterocycles. The Morgan fingerprint density at radius 2 is 1.71 bits per heavy atom. The molecule has 0 aliphatic carbocycles. The van der Waals surface area contributed by atoms with E-state index in [0.29, 0.717) is 19.3 Å². The average Bonchev–Trinajstić information content (AvgIpc) is 2.63. The topological polar surface area (TPSA) is 58.1 Å². The Balaban J connectivity index is 0.00000729. The SMILES string of the molecule is CCNC(=NCCN(C)C(C)C)NC(C)c1ccc(OCC)c(OCC)c1.I. The van der Waals surface area contributed by atoms with Gasteiger partial charge in [0, 0.05) is 19.1 Å². The number of aliphatic imine (C=N–C) groups is 1. The van der Waals surface area contributed by atoms with E-state index in [1.54, 1.807) is 0 Å². The maximum Gasteiger partial charge on any atom is 0.191 e. The van der Waals surface area contributed by atoms with Crippen molar-refractivity contribution in [3.8, 4) is 11.5 Å². The zero-order valence-electron chi connectivity index (χ0n) is 18.5. The highest BCUT2D eigenvalue weighted by Gasteiger charge is 2.12. The molecular weight excluding hydrogens is 467 g/mol. The number of nitrogens with one attached hydrogen (secondary N) is 2. The maximum absolute atomic E-state index is 5.74. The largest absolute Gasteiger partial charge is 0.490 e. The molecule has 0 spiro atoms. The van der Waals surface area contributed by atoms with Crippen LogP contribution in [0.4, 0.5) is 0 Å². The minimum absolute atomic E-state index is 0. The molecule has 1 aromatic carbocycles. The van der Waals surface area contributed by atoms with E-state index in [-0.39, 0.29) is 30.0 Å². The van der Waals surface area contributed by atoms with Crippen molar-refractivity contribution in [2.45, 2.75) is 53.6 Å². The predicted octanol–water partition coefficient (Wildman–Crippen LogP) is 4.06. The average molecular weight is 506 g/mol. The number of benzene rings is 1. The van der Waals surface area contributed by atoms with Crippen molar-refractivity contribution in [2.75, 3.05) is 39.9 Å². The monoisotopic (exact) mass is 506 g/mol. The van der Waals surface area contributed by atoms with Crippen molar-refractivity contribution in [3.63, 3.8) is 0 Å². The van der Waals surface area contributed by atoms with E-state index in [4.69, 9.17) is 14.5 Å². The standard InChI is InChI=1S/C21H38N4O2.HI/c1-8-22-21(23-13-14-25(7)16(4)5)24-17(6)18-11-12-19(26-9-2)20(15-18)27-10-3;/h11-12,15-17H,8-10,13-14H2,1-7H3,(H2,22,23,24);1H. The van der Waals surface area contributed by atoms with Gasteiger partial charge in [0.1, 0.15) is 0 Å². The predicted molar refractivity (Wildman–Crippen MR) is 129 cm³/mol. The summed E-state index contributed by atoms with van der Waals surface area (Å²) in [5, 5.41) is 6.80. The minimum atomic E-state index is 0. The molecule has 0 bridgehead atoms. The summed E-state index contributed by atoms with van der Waals surface area (Å²) >= 11 is 0. The zero-order chi connectivity index (χ0) is 20.2. The number of hydrogen-bond acceptors (Lipinski definition) is 4. The van der Waals surface area contributed by atoms with Crippen molar-refractivity contribution < 1.29 is 9.47 Å². The van der Waals surface area contributed by atoms with Crippen LogP contribution in [0.25, 0.3) is 0 Å². The summed E-state index contributed by atoms with van der Waals surface area (Å²) in [7, 11) is 2.12. The molecule has 1 rings (SSSR count). The van der Waals surface area contributed by atoms with E-state index in [1.165, 1.54) is 0 Å². The van der Waals surface area contributed by atoms with Crippen molar-refractivity contribution >= 4 is 29.9 Å². The highest BCUT2D eigenvalue weighted by Crippen LogP contribution is 2.30. The summed E-state index contributed by atoms with van der Waals surface area (Å²) in [6.07, 6.45) is 0. The fourth-order valence-corrected chi connectivity index (χ4v) is 2.52. The number of ether oxygens (including phenoxy) is 2. The highest BCUT2D eigenvalue weighted by molar-refractivity contribution is 14.0. The first-order valence-corrected chi connectivity index (χ1v) is 10.1. The van der Waals surface area contributed by atoms with Crippen LogP contribution in [0.2, 0.25) is 0 Å². The molecule has 0 amide bonds. The number of rotatable bonds is 11. The van der Waals surface area contributed by atoms with E-state index >= 15 is 0 Å². The molecule has 2 N–H and O–H groups in total. The second-order valence-electron chi connectivity index (χ2n) is 6.77. The van der Waals surface area contributed by atoms with Gasteiger partial charge in [-0.2, -0.15) is 0 Å². The molecular formula is C21H39IN4O2. The molecule has 162 valence electrons. The summed E-state index contributed by atoms with van der Waals surface area (Å²) in [6, 6.07) is 6.71. The molecule has 0 radical (unpaired) electrons. The van der Waals surface area contributed by atoms with Crippen LogP contribution < -0.4 is 20.1 Å². The highest BCUT2D eigenvalue weighted by atomic mass is 127. The van der Waals surface area contributed by atoms with Crippen LogP contribution in [-0.4, -0.2) is 56.8 Å². The molecule has 6 nitrogen and oxygen atoms in total. The Morgan fingerprint density at radius 3 is 2.29 bits per heavy atom. The Kier molecular flexibility index (Phi) is 14.1. The molecule has 0 saturated carbocycles. The lowest BCUT2D eigenvalue weighted by Crippen LogP contribution is -2.39. The maximum atomic E-state index is 5.74. The summed E-state index contributed by atoms with van der Waals surface area (Å²) < 4.78 is 11.4. The van der Waals surface area contributed by atoms with E-state index in [2.05, 4.69) is 56.3 Å². The van der Waals surface area contributed by atoms with Crippen LogP contribution >= 0.6 is 24.0 Å². The molecule has 0 aliphatic rings. The number of likely N-dealkylation sites (N-methyl/N-ethyl adjacent to an activating group) is 1. The van der Waals surface area contributed by atoms with Gasteiger partial charge >= 0.3 is 0 Å². The van der Waals surface area contributed by atoms with Crippen LogP contribution in [0.3, 0.4) is 0 Å². The number of guanidine groups is 1. The third-order valence-electron chi connectivity index (χ3n) is 4.37. The third-order valence-corrected chi connectivity index (χ3v) is 4.37. The molecule has 28 heavy (non-hydrogen) atoms. The van der Waals surface area contributed by atoms with Gasteiger partial charge in [0.25, 0.3) is 0 Å². The number of hydrogen-bond donors (Lipinski definition) is 2. The second-order valence-corrected chi connectivity index (χ2v) is 6.77. The first kappa shape index (κ1) is 26.8. The molecule has 7 heteroatoms. The summed E-state index contributed by atoms with van der Waals surface area (Å²) in [6.45, 7) is 16.3. The van der Waals surface area contributed by atoms with Crippen LogP contribution in [0.1, 0.15) is 53.1 Å². The fourth-order valence-electron chi connectivity index (χ4n) is 2.52. The van der Waals surface area contributed by atoms with Crippen LogP contribution in [-0.2, 0) is 0 Å². The van der Waals surface area contributed by atoms with Gasteiger partial charge in [0.05, 0.1) is 25.8 Å². The van der Waals surface area contributed by atoms with Crippen molar-refractivity contribution in [1.29, 1.82) is 0 Å². The molecule has 1 atom stereocenters. The van der Waals surface area contributed by atoms with Gasteiger partial charge in [-0.1, -0.05) is 6.07 Å². The van der Waals surface area contributed by atoms with E-state index < -0.39 is 0 Å². The van der Waals surface area contributed by atoms with Gasteiger partial charge in [-0.15, -0.1) is 24.0 Å². The minimum Gasteiger partial charge on any atom is -0.490 e. The van der Waals surface area contributed by atoms with E-state index in [9.17, 15) is 0 Å². The summed E-state index contributed by atoms with van der Waals surface area (Å²) in [5.41, 5.74) is 1.13. The zero-order valence-corrected chi connectivity index (χ0v) is 20.9. The van der Waals surface area contributed by atoms with Crippen LogP contribution in [0.15, 0.2) is 23.2 Å². The lowest BCUT2D eigenvalue weighted by Gasteiger charge is -2.22. The number of halogens is 1. The lowest BCUT2D eigenvalue weighted by molar-refractivity contribution is 0.282. The van der Waals surface area contributed by atoms with Gasteiger partial charge < -0.3 is 25.0 Å². The Hall–Kier alpha value is -1.22. The van der Waals surface area contributed by atoms with E-state index in [0.717, 1.165) is 42.7 Å². The lowest BCUT2D eigenvalue weighted by atomic mass is 10.1. The molecule has 1 unspecified atom stereocenters. The van der Waals surface area contributed by atoms with Gasteiger partial charge in [0.2, 0.25) is 0 Å². The van der Waals surface area contributed by atoms with Gasteiger partial charge in [-0.3, -0.25) is 4.99 Å². The van der Waals surface area contributed by atoms with Crippen molar-refractivity contribution in [2.24, 2.45) is 4.99 Å². The first-order valence-electron chi connectivity index (χ1n) is 10.1. The molecule has 0 aromatic heterocycles. The van der Waals surface area contributed by atoms with Gasteiger partial charge in [-0.25, -0.2) is 0 Å². The summed E-state index contributed by atoms with van der Waals surface area (Å²) in [4.78, 5) is 6.99. The molecule has 1 aromatic rings. The van der Waals surface area contributed by atoms with Crippen molar-refractivity contribution in [3.05, 3.63) is 23.8 Å². The Bertz CT molecular complexity index is 582. The Morgan fingerprint density at radius 1 is 1.07 bits per heavy atom. The fraction of sp³-hybridized carbons (Fsp3) is 0.667. The molecule has 0 heterocycles. The summed E-state index contributed by atoms with van der Waals surface area (Å²) in [5.74, 6) is 2.40. The normalized spacial score (nSPS) is 12.5. The molecule has 0 aliphatic heterocycles. The smallest absolute Gasteiger partial charge is 0.191 e. The van der Waals surface area contributed by atoms with Crippen LogP contribution in [0.5, 0.6) is 11.5 Å². The van der Waals surface area contributed by atoms with Gasteiger partial charge in [0.15, 0.2) is 17.5 Å². The first-order chi connectivity index (χ1) is 12.9. The Labute approximate surface area is 188 Å². The van der Waals surface area contributed by atoms with Crippen molar-refractivity contribution in [1.82, 2.24) is 15.5 Å². The van der Waals surface area contributed by atoms with Gasteiger partial charge in [-0.05, 0) is 66.3 Å². The quantitative estimate of drug-likeness (QED) is 0.270. The van der Waals surface area contributed by atoms with E-state index in [1.807, 2.05) is 26.0 Å². The second kappa shape index (κ2) is 14.7. The molecule has 0 fully saturated rings. The van der Waals surface area contributed by atoms with Crippen LogP contribution in [0, 0.1) is 0 Å².